The highest BCUT2D eigenvalue weighted by Crippen LogP contribution is 2.32. The van der Waals surface area contributed by atoms with Crippen molar-refractivity contribution in [2.45, 2.75) is 51.0 Å². The van der Waals surface area contributed by atoms with E-state index in [1.807, 2.05) is 0 Å². The molecule has 0 aromatic heterocycles. The van der Waals surface area contributed by atoms with Crippen molar-refractivity contribution in [3.63, 3.8) is 0 Å². The van der Waals surface area contributed by atoms with Gasteiger partial charge in [0.2, 0.25) is 10.0 Å². The SMILES string of the molecule is CCS(=O)(=O)N[C@H]1[C@@H](F)CN(C(=O)C(C)(C)O)[C@H]1Cc1cccc(-c2cc(F)ccc2F)c1F. The number of nitrogens with one attached hydrogen (secondary N) is 1. The number of sulfonamides is 1. The molecule has 6 nitrogen and oxygen atoms in total. The average Bonchev–Trinajstić information content (AvgIpc) is 3.05. The van der Waals surface area contributed by atoms with Crippen molar-refractivity contribution in [1.82, 2.24) is 9.62 Å². The Kier molecular flexibility index (Phi) is 7.40. The first-order valence-corrected chi connectivity index (χ1v) is 12.3. The van der Waals surface area contributed by atoms with E-state index in [1.54, 1.807) is 0 Å². The number of alkyl halides is 1. The molecule has 1 aliphatic rings. The molecule has 1 aliphatic heterocycles. The van der Waals surface area contributed by atoms with Crippen molar-refractivity contribution in [3.8, 4) is 11.1 Å². The number of amides is 1. The average molecular weight is 503 g/mol. The molecule has 1 heterocycles. The second kappa shape index (κ2) is 9.63. The lowest BCUT2D eigenvalue weighted by Gasteiger charge is -2.32. The molecule has 0 bridgehead atoms. The maximum atomic E-state index is 15.4. The van der Waals surface area contributed by atoms with Crippen LogP contribution in [0.15, 0.2) is 36.4 Å². The van der Waals surface area contributed by atoms with Gasteiger partial charge >= 0.3 is 0 Å². The summed E-state index contributed by atoms with van der Waals surface area (Å²) in [7, 11) is -3.89. The summed E-state index contributed by atoms with van der Waals surface area (Å²) < 4.78 is 84.9. The molecule has 0 unspecified atom stereocenters. The van der Waals surface area contributed by atoms with Crippen LogP contribution in [0.5, 0.6) is 0 Å². The van der Waals surface area contributed by atoms with Crippen LogP contribution in [-0.4, -0.2) is 60.5 Å². The Hall–Kier alpha value is -2.50. The van der Waals surface area contributed by atoms with Crippen molar-refractivity contribution in [2.24, 2.45) is 0 Å². The van der Waals surface area contributed by atoms with E-state index < -0.39 is 63.8 Å². The lowest BCUT2D eigenvalue weighted by atomic mass is 9.95. The second-order valence-electron chi connectivity index (χ2n) is 8.75. The van der Waals surface area contributed by atoms with Gasteiger partial charge in [-0.1, -0.05) is 18.2 Å². The monoisotopic (exact) mass is 502 g/mol. The summed E-state index contributed by atoms with van der Waals surface area (Å²) in [5.74, 6) is -3.73. The van der Waals surface area contributed by atoms with Crippen LogP contribution in [0.3, 0.4) is 0 Å². The Bertz CT molecular complexity index is 1180. The largest absolute Gasteiger partial charge is 0.381 e. The standard InChI is InChI=1S/C23H26F4N2O4S/c1-4-34(32,33)28-21-18(26)12-29(22(30)23(2,3)31)19(21)10-13-6-5-7-15(20(13)27)16-11-14(24)8-9-17(16)25/h5-9,11,18-19,21,28,31H,4,10,12H2,1-3H3/t18-,19-,21-/m0/s1. The predicted molar refractivity (Wildman–Crippen MR) is 119 cm³/mol. The van der Waals surface area contributed by atoms with Gasteiger partial charge in [-0.2, -0.15) is 0 Å². The molecule has 3 rings (SSSR count). The van der Waals surface area contributed by atoms with Crippen LogP contribution in [-0.2, 0) is 21.2 Å². The maximum Gasteiger partial charge on any atom is 0.254 e. The molecular formula is C23H26F4N2O4S. The number of rotatable bonds is 7. The zero-order chi connectivity index (χ0) is 25.4. The normalized spacial score (nSPS) is 21.2. The van der Waals surface area contributed by atoms with Gasteiger partial charge in [0.1, 0.15) is 29.2 Å². The number of hydrogen-bond donors (Lipinski definition) is 2. The van der Waals surface area contributed by atoms with Crippen molar-refractivity contribution in [1.29, 1.82) is 0 Å². The summed E-state index contributed by atoms with van der Waals surface area (Å²) in [6.45, 7) is 3.26. The first kappa shape index (κ1) is 26.1. The summed E-state index contributed by atoms with van der Waals surface area (Å²) in [5, 5.41) is 10.2. The van der Waals surface area contributed by atoms with E-state index in [1.165, 1.54) is 39.0 Å². The first-order valence-electron chi connectivity index (χ1n) is 10.7. The molecule has 2 N–H and O–H groups in total. The molecule has 0 spiro atoms. The highest BCUT2D eigenvalue weighted by molar-refractivity contribution is 7.89. The topological polar surface area (TPSA) is 86.7 Å². The lowest BCUT2D eigenvalue weighted by Crippen LogP contribution is -2.53. The minimum absolute atomic E-state index is 0.0606. The predicted octanol–water partition coefficient (Wildman–Crippen LogP) is 2.94. The molecular weight excluding hydrogens is 476 g/mol. The van der Waals surface area contributed by atoms with Crippen LogP contribution >= 0.6 is 0 Å². The van der Waals surface area contributed by atoms with Crippen molar-refractivity contribution in [3.05, 3.63) is 59.4 Å². The van der Waals surface area contributed by atoms with Gasteiger partial charge in [0.25, 0.3) is 5.91 Å². The highest BCUT2D eigenvalue weighted by atomic mass is 32.2. The van der Waals surface area contributed by atoms with Gasteiger partial charge in [-0.25, -0.2) is 30.7 Å². The van der Waals surface area contributed by atoms with E-state index in [2.05, 4.69) is 4.72 Å². The Labute approximate surface area is 195 Å². The number of likely N-dealkylation sites (tertiary alicyclic amines) is 1. The third kappa shape index (κ3) is 5.42. The highest BCUT2D eigenvalue weighted by Gasteiger charge is 2.48. The Morgan fingerprint density at radius 2 is 1.85 bits per heavy atom. The minimum Gasteiger partial charge on any atom is -0.381 e. The number of halogens is 4. The van der Waals surface area contributed by atoms with Crippen molar-refractivity contribution < 1.29 is 35.9 Å². The first-order chi connectivity index (χ1) is 15.7. The van der Waals surface area contributed by atoms with Crippen LogP contribution in [0.4, 0.5) is 17.6 Å². The van der Waals surface area contributed by atoms with Crippen LogP contribution in [0.1, 0.15) is 26.3 Å². The van der Waals surface area contributed by atoms with E-state index in [0.717, 1.165) is 23.1 Å². The fraction of sp³-hybridized carbons (Fsp3) is 0.435. The van der Waals surface area contributed by atoms with E-state index in [0.29, 0.717) is 0 Å². The van der Waals surface area contributed by atoms with E-state index in [9.17, 15) is 31.5 Å². The summed E-state index contributed by atoms with van der Waals surface area (Å²) in [5.41, 5.74) is -2.51. The summed E-state index contributed by atoms with van der Waals surface area (Å²) in [6.07, 6.45) is -2.15. The molecule has 0 aliphatic carbocycles. The van der Waals surface area contributed by atoms with Crippen molar-refractivity contribution in [2.75, 3.05) is 12.3 Å². The number of nitrogens with zero attached hydrogens (tertiary/aromatic N) is 1. The molecule has 2 aromatic rings. The second-order valence-corrected chi connectivity index (χ2v) is 10.8. The fourth-order valence-corrected chi connectivity index (χ4v) is 4.90. The third-order valence-corrected chi connectivity index (χ3v) is 7.17. The van der Waals surface area contributed by atoms with E-state index in [4.69, 9.17) is 0 Å². The number of benzene rings is 2. The summed E-state index contributed by atoms with van der Waals surface area (Å²) in [4.78, 5) is 13.8. The molecule has 3 atom stereocenters. The molecule has 186 valence electrons. The van der Waals surface area contributed by atoms with E-state index >= 15 is 4.39 Å². The van der Waals surface area contributed by atoms with Crippen molar-refractivity contribution >= 4 is 15.9 Å². The molecule has 1 amide bonds. The number of hydrogen-bond acceptors (Lipinski definition) is 4. The van der Waals surface area contributed by atoms with Gasteiger partial charge in [-0.05, 0) is 51.0 Å². The molecule has 0 radical (unpaired) electrons. The minimum atomic E-state index is -3.89. The molecule has 34 heavy (non-hydrogen) atoms. The molecule has 0 saturated carbocycles. The zero-order valence-electron chi connectivity index (χ0n) is 18.9. The van der Waals surface area contributed by atoms with Crippen LogP contribution in [0, 0.1) is 17.5 Å². The van der Waals surface area contributed by atoms with Gasteiger partial charge in [0, 0.05) is 11.1 Å². The van der Waals surface area contributed by atoms with Gasteiger partial charge in [-0.3, -0.25) is 4.79 Å². The van der Waals surface area contributed by atoms with Gasteiger partial charge in [-0.15, -0.1) is 0 Å². The molecule has 1 fully saturated rings. The van der Waals surface area contributed by atoms with Crippen LogP contribution < -0.4 is 4.72 Å². The van der Waals surface area contributed by atoms with E-state index in [-0.39, 0.29) is 28.9 Å². The Morgan fingerprint density at radius 1 is 1.18 bits per heavy atom. The van der Waals surface area contributed by atoms with Crippen LogP contribution in [0.2, 0.25) is 0 Å². The summed E-state index contributed by atoms with van der Waals surface area (Å²) >= 11 is 0. The summed E-state index contributed by atoms with van der Waals surface area (Å²) in [6, 6.07) is 3.99. The van der Waals surface area contributed by atoms with Gasteiger partial charge in [0.05, 0.1) is 24.4 Å². The number of carbonyl (C=O) groups is 1. The quantitative estimate of drug-likeness (QED) is 0.570. The zero-order valence-corrected chi connectivity index (χ0v) is 19.7. The Balaban J connectivity index is 2.05. The smallest absolute Gasteiger partial charge is 0.254 e. The molecule has 2 aromatic carbocycles. The van der Waals surface area contributed by atoms with Crippen LogP contribution in [0.25, 0.3) is 11.1 Å². The maximum absolute atomic E-state index is 15.4. The Morgan fingerprint density at radius 3 is 2.47 bits per heavy atom. The fourth-order valence-electron chi connectivity index (χ4n) is 4.01. The molecule has 1 saturated heterocycles. The third-order valence-electron chi connectivity index (χ3n) is 5.78. The van der Waals surface area contributed by atoms with Gasteiger partial charge in [0.15, 0.2) is 0 Å². The number of carbonyl (C=O) groups excluding carboxylic acids is 1. The van der Waals surface area contributed by atoms with Gasteiger partial charge < -0.3 is 10.0 Å². The number of aliphatic hydroxyl groups is 1. The molecule has 11 heteroatoms. The lowest BCUT2D eigenvalue weighted by molar-refractivity contribution is -0.149.